The van der Waals surface area contributed by atoms with Crippen molar-refractivity contribution in [1.29, 1.82) is 0 Å². The molecule has 0 radical (unpaired) electrons. The second-order valence-electron chi connectivity index (χ2n) is 6.79. The molecule has 0 bridgehead atoms. The number of allylic oxidation sites excluding steroid dienone is 4. The molecule has 1 N–H and O–H groups in total. The number of rotatable bonds is 3. The summed E-state index contributed by atoms with van der Waals surface area (Å²) in [5.74, 6) is 0.958. The second kappa shape index (κ2) is 10.7. The molecule has 0 unspecified atom stereocenters. The second-order valence-corrected chi connectivity index (χ2v) is 7.61. The Morgan fingerprint density at radius 2 is 1.64 bits per heavy atom. The average molecular weight is 380 g/mol. The number of halogens is 2. The highest BCUT2D eigenvalue weighted by Crippen LogP contribution is 2.28. The van der Waals surface area contributed by atoms with Crippen molar-refractivity contribution in [2.24, 2.45) is 11.8 Å². The molecule has 0 saturated carbocycles. The first-order chi connectivity index (χ1) is 12.1. The molecule has 0 aliphatic heterocycles. The van der Waals surface area contributed by atoms with Crippen molar-refractivity contribution in [2.45, 2.75) is 51.9 Å². The highest BCUT2D eigenvalue weighted by atomic mass is 35.5. The van der Waals surface area contributed by atoms with E-state index >= 15 is 0 Å². The first-order valence-corrected chi connectivity index (χ1v) is 9.86. The predicted molar refractivity (Wildman–Crippen MR) is 108 cm³/mol. The van der Waals surface area contributed by atoms with Crippen molar-refractivity contribution < 1.29 is 4.79 Å². The van der Waals surface area contributed by atoms with Gasteiger partial charge in [-0.15, -0.1) is 0 Å². The van der Waals surface area contributed by atoms with E-state index in [0.29, 0.717) is 34.0 Å². The molecule has 0 spiro atoms. The van der Waals surface area contributed by atoms with Gasteiger partial charge in [0, 0.05) is 12.1 Å². The van der Waals surface area contributed by atoms with E-state index < -0.39 is 0 Å². The third kappa shape index (κ3) is 7.25. The van der Waals surface area contributed by atoms with Gasteiger partial charge in [-0.25, -0.2) is 0 Å². The van der Waals surface area contributed by atoms with Gasteiger partial charge in [0.25, 0.3) is 0 Å². The van der Waals surface area contributed by atoms with Crippen LogP contribution in [0.15, 0.2) is 42.5 Å². The van der Waals surface area contributed by atoms with E-state index in [2.05, 4.69) is 36.5 Å². The van der Waals surface area contributed by atoms with Crippen LogP contribution in [0.1, 0.15) is 51.9 Å². The smallest absolute Gasteiger partial charge is 0.224 e. The van der Waals surface area contributed by atoms with E-state index in [4.69, 9.17) is 23.2 Å². The molecule has 0 aromatic heterocycles. The van der Waals surface area contributed by atoms with Crippen molar-refractivity contribution in [3.63, 3.8) is 0 Å². The predicted octanol–water partition coefficient (Wildman–Crippen LogP) is 7.04. The van der Waals surface area contributed by atoms with Crippen molar-refractivity contribution in [1.82, 2.24) is 0 Å². The van der Waals surface area contributed by atoms with Gasteiger partial charge in [0.05, 0.1) is 10.0 Å². The lowest BCUT2D eigenvalue weighted by Crippen LogP contribution is -2.21. The molecule has 1 aromatic rings. The third-order valence-corrected chi connectivity index (χ3v) is 5.52. The zero-order chi connectivity index (χ0) is 18.1. The summed E-state index contributed by atoms with van der Waals surface area (Å²) in [6.07, 6.45) is 16.1. The summed E-state index contributed by atoms with van der Waals surface area (Å²) >= 11 is 11.9. The van der Waals surface area contributed by atoms with Crippen LogP contribution in [0.25, 0.3) is 0 Å². The molecule has 1 aliphatic carbocycles. The van der Waals surface area contributed by atoms with Crippen molar-refractivity contribution in [3.05, 3.63) is 52.5 Å². The Kier molecular flexibility index (Phi) is 8.57. The summed E-state index contributed by atoms with van der Waals surface area (Å²) in [5.41, 5.74) is 0.697. The lowest BCUT2D eigenvalue weighted by molar-refractivity contribution is -0.117. The highest BCUT2D eigenvalue weighted by Gasteiger charge is 2.20. The van der Waals surface area contributed by atoms with E-state index in [0.717, 1.165) is 38.5 Å². The average Bonchev–Trinajstić information content (AvgIpc) is 2.57. The number of hydrogen-bond donors (Lipinski definition) is 1. The molecule has 0 saturated heterocycles. The van der Waals surface area contributed by atoms with Gasteiger partial charge in [0.15, 0.2) is 0 Å². The number of anilines is 1. The zero-order valence-corrected chi connectivity index (χ0v) is 16.3. The summed E-state index contributed by atoms with van der Waals surface area (Å²) in [6.45, 7) is 2.26. The largest absolute Gasteiger partial charge is 0.326 e. The van der Waals surface area contributed by atoms with Gasteiger partial charge in [-0.3, -0.25) is 4.79 Å². The molecule has 2 atom stereocenters. The number of carbonyl (C=O) groups is 1. The SMILES string of the molecule is C[C@@H]1CC/C=C/CC/C=C/CC[C@H]1CC(=O)Nc1ccc(Cl)c(Cl)c1. The van der Waals surface area contributed by atoms with Crippen LogP contribution in [0.3, 0.4) is 0 Å². The van der Waals surface area contributed by atoms with E-state index in [1.165, 1.54) is 0 Å². The Hall–Kier alpha value is -1.25. The van der Waals surface area contributed by atoms with Crippen LogP contribution in [0.4, 0.5) is 5.69 Å². The van der Waals surface area contributed by atoms with Crippen LogP contribution < -0.4 is 5.32 Å². The molecule has 2 rings (SSSR count). The van der Waals surface area contributed by atoms with Gasteiger partial charge < -0.3 is 5.32 Å². The van der Waals surface area contributed by atoms with Gasteiger partial charge in [0.2, 0.25) is 5.91 Å². The quantitative estimate of drug-likeness (QED) is 0.560. The Labute approximate surface area is 161 Å². The monoisotopic (exact) mass is 379 g/mol. The summed E-state index contributed by atoms with van der Waals surface area (Å²) < 4.78 is 0. The number of amides is 1. The van der Waals surface area contributed by atoms with Crippen molar-refractivity contribution >= 4 is 34.8 Å². The Bertz CT molecular complexity index is 624. The van der Waals surface area contributed by atoms with Gasteiger partial charge in [-0.2, -0.15) is 0 Å². The fourth-order valence-electron chi connectivity index (χ4n) is 3.18. The Morgan fingerprint density at radius 1 is 1.00 bits per heavy atom. The summed E-state index contributed by atoms with van der Waals surface area (Å²) in [7, 11) is 0. The maximum atomic E-state index is 12.5. The molecule has 1 aliphatic rings. The summed E-state index contributed by atoms with van der Waals surface area (Å²) in [5, 5.41) is 3.90. The van der Waals surface area contributed by atoms with E-state index in [9.17, 15) is 4.79 Å². The maximum absolute atomic E-state index is 12.5. The van der Waals surface area contributed by atoms with Crippen LogP contribution in [0.5, 0.6) is 0 Å². The van der Waals surface area contributed by atoms with Crippen molar-refractivity contribution in [2.75, 3.05) is 5.32 Å². The molecule has 0 fully saturated rings. The fraction of sp³-hybridized carbons (Fsp3) is 0.476. The van der Waals surface area contributed by atoms with Gasteiger partial charge in [0.1, 0.15) is 0 Å². The lowest BCUT2D eigenvalue weighted by Gasteiger charge is -2.23. The molecule has 1 aromatic carbocycles. The first-order valence-electron chi connectivity index (χ1n) is 9.11. The van der Waals surface area contributed by atoms with E-state index in [-0.39, 0.29) is 5.91 Å². The summed E-state index contributed by atoms with van der Waals surface area (Å²) in [6, 6.07) is 5.18. The minimum Gasteiger partial charge on any atom is -0.326 e. The van der Waals surface area contributed by atoms with Crippen LogP contribution in [0, 0.1) is 11.8 Å². The number of hydrogen-bond acceptors (Lipinski definition) is 1. The highest BCUT2D eigenvalue weighted by molar-refractivity contribution is 6.42. The minimum atomic E-state index is 0.0434. The van der Waals surface area contributed by atoms with Crippen LogP contribution in [-0.2, 0) is 4.79 Å². The van der Waals surface area contributed by atoms with E-state index in [1.807, 2.05) is 0 Å². The number of carbonyl (C=O) groups excluding carboxylic acids is 1. The third-order valence-electron chi connectivity index (χ3n) is 4.78. The Morgan fingerprint density at radius 3 is 2.32 bits per heavy atom. The fourth-order valence-corrected chi connectivity index (χ4v) is 3.48. The molecule has 2 nitrogen and oxygen atoms in total. The summed E-state index contributed by atoms with van der Waals surface area (Å²) in [4.78, 5) is 12.5. The van der Waals surface area contributed by atoms with E-state index in [1.54, 1.807) is 18.2 Å². The minimum absolute atomic E-state index is 0.0434. The first kappa shape index (κ1) is 20.1. The maximum Gasteiger partial charge on any atom is 0.224 e. The molecule has 1 amide bonds. The van der Waals surface area contributed by atoms with Crippen LogP contribution in [0.2, 0.25) is 10.0 Å². The molecule has 0 heterocycles. The standard InChI is InChI=1S/C21H27Cl2NO/c1-16-10-8-6-4-2-3-5-7-9-11-17(16)14-21(25)24-18-12-13-19(22)20(23)15-18/h4-7,12-13,15-17H,2-3,8-11,14H2,1H3,(H,24,25)/b6-4+,7-5+/t16-,17+/m1/s1. The Balaban J connectivity index is 1.95. The molecular weight excluding hydrogens is 353 g/mol. The van der Waals surface area contributed by atoms with Crippen LogP contribution in [-0.4, -0.2) is 5.91 Å². The van der Waals surface area contributed by atoms with Gasteiger partial charge >= 0.3 is 0 Å². The zero-order valence-electron chi connectivity index (χ0n) is 14.8. The topological polar surface area (TPSA) is 29.1 Å². The van der Waals surface area contributed by atoms with Gasteiger partial charge in [-0.1, -0.05) is 54.4 Å². The molecule has 4 heteroatoms. The molecule has 25 heavy (non-hydrogen) atoms. The molecular formula is C21H27Cl2NO. The normalized spacial score (nSPS) is 24.6. The van der Waals surface area contributed by atoms with Gasteiger partial charge in [-0.05, 0) is 68.6 Å². The number of benzene rings is 1. The van der Waals surface area contributed by atoms with Crippen LogP contribution >= 0.6 is 23.2 Å². The lowest BCUT2D eigenvalue weighted by atomic mass is 9.83. The number of nitrogens with one attached hydrogen (secondary N) is 1. The molecule has 136 valence electrons. The van der Waals surface area contributed by atoms with Crippen molar-refractivity contribution in [3.8, 4) is 0 Å².